The summed E-state index contributed by atoms with van der Waals surface area (Å²) in [4.78, 5) is 16.4. The minimum absolute atomic E-state index is 0.0474. The van der Waals surface area contributed by atoms with Crippen LogP contribution in [0.5, 0.6) is 0 Å². The van der Waals surface area contributed by atoms with E-state index in [4.69, 9.17) is 0 Å². The maximum atomic E-state index is 12.1. The highest BCUT2D eigenvalue weighted by Gasteiger charge is 2.11. The third kappa shape index (κ3) is 6.10. The summed E-state index contributed by atoms with van der Waals surface area (Å²) in [6.07, 6.45) is 3.50. The smallest absolute Gasteiger partial charge is 0.252 e. The Hall–Kier alpha value is -2.36. The zero-order valence-corrected chi connectivity index (χ0v) is 14.1. The van der Waals surface area contributed by atoms with Gasteiger partial charge in [0.05, 0.1) is 5.56 Å². The number of anilines is 1. The molecule has 0 bridgehead atoms. The van der Waals surface area contributed by atoms with Crippen LogP contribution >= 0.6 is 0 Å². The Balaban J connectivity index is 1.77. The molecular weight excluding hydrogens is 286 g/mol. The van der Waals surface area contributed by atoms with Gasteiger partial charge in [-0.05, 0) is 51.3 Å². The van der Waals surface area contributed by atoms with Gasteiger partial charge in [0.2, 0.25) is 0 Å². The molecule has 0 fully saturated rings. The molecule has 1 heterocycles. The van der Waals surface area contributed by atoms with Gasteiger partial charge in [-0.25, -0.2) is 4.98 Å². The summed E-state index contributed by atoms with van der Waals surface area (Å²) in [5.74, 6) is 0.700. The summed E-state index contributed by atoms with van der Waals surface area (Å²) < 4.78 is 0. The SMILES string of the molecule is CC(C)(C)Nc1ccc(C(=O)NCCCc2ccccc2)cn1. The molecule has 4 nitrogen and oxygen atoms in total. The van der Waals surface area contributed by atoms with Crippen molar-refractivity contribution in [2.45, 2.75) is 39.2 Å². The third-order valence-electron chi connectivity index (χ3n) is 3.30. The van der Waals surface area contributed by atoms with Crippen LogP contribution in [0.1, 0.15) is 43.1 Å². The zero-order chi connectivity index (χ0) is 16.7. The van der Waals surface area contributed by atoms with Gasteiger partial charge in [0.25, 0.3) is 5.91 Å². The molecule has 4 heteroatoms. The van der Waals surface area contributed by atoms with E-state index in [2.05, 4.69) is 48.5 Å². The first-order valence-electron chi connectivity index (χ1n) is 8.00. The van der Waals surface area contributed by atoms with Crippen molar-refractivity contribution in [3.63, 3.8) is 0 Å². The molecule has 0 saturated carbocycles. The molecule has 2 N–H and O–H groups in total. The number of nitrogens with zero attached hydrogens (tertiary/aromatic N) is 1. The molecule has 1 aromatic heterocycles. The quantitative estimate of drug-likeness (QED) is 0.801. The van der Waals surface area contributed by atoms with E-state index in [9.17, 15) is 4.79 Å². The van der Waals surface area contributed by atoms with Gasteiger partial charge < -0.3 is 10.6 Å². The van der Waals surface area contributed by atoms with Crippen LogP contribution in [0, 0.1) is 0 Å². The lowest BCUT2D eigenvalue weighted by Crippen LogP contribution is -2.27. The predicted molar refractivity (Wildman–Crippen MR) is 94.7 cm³/mol. The Morgan fingerprint density at radius 3 is 2.43 bits per heavy atom. The van der Waals surface area contributed by atoms with Crippen molar-refractivity contribution < 1.29 is 4.79 Å². The maximum absolute atomic E-state index is 12.1. The standard InChI is InChI=1S/C19H25N3O/c1-19(2,3)22-17-12-11-16(14-21-17)18(23)20-13-7-10-15-8-5-4-6-9-15/h4-6,8-9,11-12,14H,7,10,13H2,1-3H3,(H,20,23)(H,21,22). The second-order valence-electron chi connectivity index (χ2n) is 6.65. The second-order valence-corrected chi connectivity index (χ2v) is 6.65. The molecule has 0 aliphatic rings. The molecule has 0 saturated heterocycles. The van der Waals surface area contributed by atoms with E-state index < -0.39 is 0 Å². The summed E-state index contributed by atoms with van der Waals surface area (Å²) >= 11 is 0. The fraction of sp³-hybridized carbons (Fsp3) is 0.368. The minimum atomic E-state index is -0.0760. The van der Waals surface area contributed by atoms with Crippen LogP contribution in [-0.2, 0) is 6.42 Å². The Bertz CT molecular complexity index is 615. The maximum Gasteiger partial charge on any atom is 0.252 e. The molecule has 0 atom stereocenters. The van der Waals surface area contributed by atoms with Crippen LogP contribution in [0.25, 0.3) is 0 Å². The van der Waals surface area contributed by atoms with Crippen molar-refractivity contribution in [2.75, 3.05) is 11.9 Å². The van der Waals surface area contributed by atoms with E-state index >= 15 is 0 Å². The van der Waals surface area contributed by atoms with Crippen molar-refractivity contribution >= 4 is 11.7 Å². The van der Waals surface area contributed by atoms with Gasteiger partial charge in [-0.3, -0.25) is 4.79 Å². The molecule has 0 spiro atoms. The average molecular weight is 311 g/mol. The summed E-state index contributed by atoms with van der Waals surface area (Å²) in [7, 11) is 0. The number of hydrogen-bond acceptors (Lipinski definition) is 3. The number of benzene rings is 1. The lowest BCUT2D eigenvalue weighted by molar-refractivity contribution is 0.0953. The molecule has 122 valence electrons. The number of aromatic nitrogens is 1. The van der Waals surface area contributed by atoms with Crippen molar-refractivity contribution in [3.05, 3.63) is 59.8 Å². The average Bonchev–Trinajstić information content (AvgIpc) is 2.51. The van der Waals surface area contributed by atoms with Crippen LogP contribution in [0.4, 0.5) is 5.82 Å². The number of amides is 1. The summed E-state index contributed by atoms with van der Waals surface area (Å²) in [5.41, 5.74) is 1.83. The lowest BCUT2D eigenvalue weighted by Gasteiger charge is -2.21. The van der Waals surface area contributed by atoms with Gasteiger partial charge in [-0.2, -0.15) is 0 Å². The minimum Gasteiger partial charge on any atom is -0.365 e. The molecule has 2 rings (SSSR count). The Labute approximate surface area is 138 Å². The molecule has 2 aromatic rings. The Kier molecular flexibility index (Phi) is 5.74. The number of rotatable bonds is 6. The van der Waals surface area contributed by atoms with Crippen LogP contribution in [0.15, 0.2) is 48.7 Å². The first-order chi connectivity index (χ1) is 10.9. The first-order valence-corrected chi connectivity index (χ1v) is 8.00. The van der Waals surface area contributed by atoms with E-state index in [0.717, 1.165) is 18.7 Å². The molecule has 0 aliphatic heterocycles. The van der Waals surface area contributed by atoms with E-state index in [0.29, 0.717) is 12.1 Å². The zero-order valence-electron chi connectivity index (χ0n) is 14.1. The van der Waals surface area contributed by atoms with Crippen LogP contribution in [0.2, 0.25) is 0 Å². The van der Waals surface area contributed by atoms with E-state index in [1.807, 2.05) is 24.3 Å². The van der Waals surface area contributed by atoms with Gasteiger partial charge in [-0.15, -0.1) is 0 Å². The summed E-state index contributed by atoms with van der Waals surface area (Å²) in [6, 6.07) is 13.9. The van der Waals surface area contributed by atoms with Crippen molar-refractivity contribution in [3.8, 4) is 0 Å². The van der Waals surface area contributed by atoms with Gasteiger partial charge in [0, 0.05) is 18.3 Å². The Morgan fingerprint density at radius 1 is 1.09 bits per heavy atom. The van der Waals surface area contributed by atoms with Crippen molar-refractivity contribution in [1.29, 1.82) is 0 Å². The number of carbonyl (C=O) groups excluding carboxylic acids is 1. The predicted octanol–water partition coefficient (Wildman–Crippen LogP) is 3.65. The molecule has 0 radical (unpaired) electrons. The fourth-order valence-electron chi connectivity index (χ4n) is 2.23. The van der Waals surface area contributed by atoms with Crippen LogP contribution < -0.4 is 10.6 Å². The van der Waals surface area contributed by atoms with Crippen LogP contribution in [-0.4, -0.2) is 23.0 Å². The second kappa shape index (κ2) is 7.77. The van der Waals surface area contributed by atoms with E-state index in [1.54, 1.807) is 12.3 Å². The number of pyridine rings is 1. The highest BCUT2D eigenvalue weighted by Crippen LogP contribution is 2.12. The van der Waals surface area contributed by atoms with E-state index in [1.165, 1.54) is 5.56 Å². The summed E-state index contributed by atoms with van der Waals surface area (Å²) in [6.45, 7) is 6.88. The monoisotopic (exact) mass is 311 g/mol. The van der Waals surface area contributed by atoms with Gasteiger partial charge in [-0.1, -0.05) is 30.3 Å². The number of nitrogens with one attached hydrogen (secondary N) is 2. The summed E-state index contributed by atoms with van der Waals surface area (Å²) in [5, 5.41) is 6.21. The molecular formula is C19H25N3O. The number of carbonyl (C=O) groups is 1. The topological polar surface area (TPSA) is 54.0 Å². The molecule has 0 aliphatic carbocycles. The molecule has 1 amide bonds. The Morgan fingerprint density at radius 2 is 1.83 bits per heavy atom. The lowest BCUT2D eigenvalue weighted by atomic mass is 10.1. The van der Waals surface area contributed by atoms with Gasteiger partial charge in [0.1, 0.15) is 5.82 Å². The van der Waals surface area contributed by atoms with Crippen molar-refractivity contribution in [2.24, 2.45) is 0 Å². The van der Waals surface area contributed by atoms with Crippen LogP contribution in [0.3, 0.4) is 0 Å². The van der Waals surface area contributed by atoms with Crippen molar-refractivity contribution in [1.82, 2.24) is 10.3 Å². The number of aryl methyl sites for hydroxylation is 1. The largest absolute Gasteiger partial charge is 0.365 e. The van der Waals surface area contributed by atoms with Gasteiger partial charge in [0.15, 0.2) is 0 Å². The van der Waals surface area contributed by atoms with E-state index in [-0.39, 0.29) is 11.4 Å². The highest BCUT2D eigenvalue weighted by molar-refractivity contribution is 5.94. The third-order valence-corrected chi connectivity index (χ3v) is 3.30. The molecule has 23 heavy (non-hydrogen) atoms. The van der Waals surface area contributed by atoms with Gasteiger partial charge >= 0.3 is 0 Å². The fourth-order valence-corrected chi connectivity index (χ4v) is 2.23. The number of hydrogen-bond donors (Lipinski definition) is 2. The molecule has 0 unspecified atom stereocenters. The highest BCUT2D eigenvalue weighted by atomic mass is 16.1. The molecule has 1 aromatic carbocycles. The normalized spacial score (nSPS) is 11.1. The first kappa shape index (κ1) is 17.0.